The number of hydrogen-bond acceptors (Lipinski definition) is 2. The van der Waals surface area contributed by atoms with E-state index in [0.717, 1.165) is 25.9 Å². The summed E-state index contributed by atoms with van der Waals surface area (Å²) in [7, 11) is 0. The Hall–Kier alpha value is -0.570. The van der Waals surface area contributed by atoms with E-state index in [4.69, 9.17) is 5.11 Å². The molecule has 1 atom stereocenters. The summed E-state index contributed by atoms with van der Waals surface area (Å²) >= 11 is 0. The Morgan fingerprint density at radius 3 is 2.62 bits per heavy atom. The van der Waals surface area contributed by atoms with Gasteiger partial charge in [-0.1, -0.05) is 13.8 Å². The molecule has 0 aromatic rings. The standard InChI is InChI=1S/C10H19NO2/c1-8(12)9(13)11-6-4-5-10(2,3)7-11/h8,12H,4-7H2,1-3H3/t8-/m1/s1. The Kier molecular flexibility index (Phi) is 2.96. The molecule has 1 amide bonds. The van der Waals surface area contributed by atoms with Gasteiger partial charge in [0, 0.05) is 13.1 Å². The van der Waals surface area contributed by atoms with Gasteiger partial charge >= 0.3 is 0 Å². The lowest BCUT2D eigenvalue weighted by Gasteiger charge is -2.38. The second-order valence-corrected chi connectivity index (χ2v) is 4.70. The van der Waals surface area contributed by atoms with E-state index in [2.05, 4.69) is 13.8 Å². The van der Waals surface area contributed by atoms with Gasteiger partial charge in [-0.2, -0.15) is 0 Å². The molecule has 1 rings (SSSR count). The highest BCUT2D eigenvalue weighted by atomic mass is 16.3. The molecule has 0 bridgehead atoms. The summed E-state index contributed by atoms with van der Waals surface area (Å²) in [6, 6.07) is 0. The van der Waals surface area contributed by atoms with Crippen LogP contribution in [-0.4, -0.2) is 35.1 Å². The zero-order chi connectivity index (χ0) is 10.1. The zero-order valence-corrected chi connectivity index (χ0v) is 8.71. The fourth-order valence-corrected chi connectivity index (χ4v) is 1.88. The van der Waals surface area contributed by atoms with Crippen LogP contribution in [0.1, 0.15) is 33.6 Å². The molecular weight excluding hydrogens is 166 g/mol. The number of carbonyl (C=O) groups is 1. The fraction of sp³-hybridized carbons (Fsp3) is 0.900. The van der Waals surface area contributed by atoms with E-state index in [0.29, 0.717) is 0 Å². The van der Waals surface area contributed by atoms with Crippen molar-refractivity contribution in [2.24, 2.45) is 5.41 Å². The number of aliphatic hydroxyl groups is 1. The molecular formula is C10H19NO2. The molecule has 13 heavy (non-hydrogen) atoms. The van der Waals surface area contributed by atoms with Crippen LogP contribution < -0.4 is 0 Å². The molecule has 1 heterocycles. The molecule has 3 heteroatoms. The van der Waals surface area contributed by atoms with E-state index < -0.39 is 6.10 Å². The lowest BCUT2D eigenvalue weighted by atomic mass is 9.84. The quantitative estimate of drug-likeness (QED) is 0.662. The second-order valence-electron chi connectivity index (χ2n) is 4.70. The maximum Gasteiger partial charge on any atom is 0.251 e. The van der Waals surface area contributed by atoms with Gasteiger partial charge in [0.05, 0.1) is 0 Å². The first-order valence-electron chi connectivity index (χ1n) is 4.89. The van der Waals surface area contributed by atoms with Crippen LogP contribution in [0.4, 0.5) is 0 Å². The molecule has 0 aliphatic carbocycles. The lowest BCUT2D eigenvalue weighted by molar-refractivity contribution is -0.142. The molecule has 0 aromatic carbocycles. The number of amides is 1. The summed E-state index contributed by atoms with van der Waals surface area (Å²) < 4.78 is 0. The van der Waals surface area contributed by atoms with Crippen molar-refractivity contribution in [3.8, 4) is 0 Å². The number of aliphatic hydroxyl groups excluding tert-OH is 1. The van der Waals surface area contributed by atoms with E-state index in [1.165, 1.54) is 6.92 Å². The van der Waals surface area contributed by atoms with Crippen LogP contribution in [0.5, 0.6) is 0 Å². The summed E-state index contributed by atoms with van der Waals surface area (Å²) in [6.07, 6.45) is 1.36. The van der Waals surface area contributed by atoms with Crippen LogP contribution in [0.2, 0.25) is 0 Å². The second kappa shape index (κ2) is 3.66. The minimum absolute atomic E-state index is 0.132. The van der Waals surface area contributed by atoms with E-state index >= 15 is 0 Å². The minimum atomic E-state index is -0.853. The highest BCUT2D eigenvalue weighted by molar-refractivity contribution is 5.80. The van der Waals surface area contributed by atoms with Crippen molar-refractivity contribution in [1.29, 1.82) is 0 Å². The Balaban J connectivity index is 2.57. The predicted octanol–water partition coefficient (Wildman–Crippen LogP) is 1.02. The highest BCUT2D eigenvalue weighted by Gasteiger charge is 2.30. The molecule has 1 aliphatic heterocycles. The van der Waals surface area contributed by atoms with Gasteiger partial charge in [0.25, 0.3) is 5.91 Å². The first-order valence-corrected chi connectivity index (χ1v) is 4.89. The van der Waals surface area contributed by atoms with Crippen molar-refractivity contribution in [3.63, 3.8) is 0 Å². The van der Waals surface area contributed by atoms with Gasteiger partial charge in [-0.15, -0.1) is 0 Å². The first kappa shape index (κ1) is 10.5. The molecule has 76 valence electrons. The molecule has 3 nitrogen and oxygen atoms in total. The van der Waals surface area contributed by atoms with Crippen LogP contribution in [0.15, 0.2) is 0 Å². The van der Waals surface area contributed by atoms with Gasteiger partial charge in [-0.05, 0) is 25.2 Å². The molecule has 1 aliphatic rings. The summed E-state index contributed by atoms with van der Waals surface area (Å²) in [4.78, 5) is 13.2. The highest BCUT2D eigenvalue weighted by Crippen LogP contribution is 2.28. The predicted molar refractivity (Wildman–Crippen MR) is 51.3 cm³/mol. The van der Waals surface area contributed by atoms with Crippen LogP contribution >= 0.6 is 0 Å². The van der Waals surface area contributed by atoms with Gasteiger partial charge in [-0.25, -0.2) is 0 Å². The summed E-state index contributed by atoms with van der Waals surface area (Å²) in [5.74, 6) is -0.132. The van der Waals surface area contributed by atoms with E-state index in [1.807, 2.05) is 0 Å². The molecule has 1 fully saturated rings. The van der Waals surface area contributed by atoms with Crippen molar-refractivity contribution in [3.05, 3.63) is 0 Å². The van der Waals surface area contributed by atoms with E-state index in [9.17, 15) is 4.79 Å². The van der Waals surface area contributed by atoms with Gasteiger partial charge in [0.2, 0.25) is 0 Å². The monoisotopic (exact) mass is 185 g/mol. The van der Waals surface area contributed by atoms with Gasteiger partial charge < -0.3 is 10.0 Å². The SMILES string of the molecule is C[C@@H](O)C(=O)N1CCCC(C)(C)C1. The number of carbonyl (C=O) groups excluding carboxylic acids is 1. The molecule has 0 unspecified atom stereocenters. The Labute approximate surface area is 79.7 Å². The van der Waals surface area contributed by atoms with Crippen molar-refractivity contribution >= 4 is 5.91 Å². The maximum atomic E-state index is 11.5. The smallest absolute Gasteiger partial charge is 0.251 e. The Morgan fingerprint density at radius 2 is 2.15 bits per heavy atom. The zero-order valence-electron chi connectivity index (χ0n) is 8.71. The number of likely N-dealkylation sites (tertiary alicyclic amines) is 1. The third-order valence-corrected chi connectivity index (χ3v) is 2.57. The maximum absolute atomic E-state index is 11.5. The van der Waals surface area contributed by atoms with Crippen molar-refractivity contribution in [2.45, 2.75) is 39.7 Å². The molecule has 0 aromatic heterocycles. The average Bonchev–Trinajstić information content (AvgIpc) is 2.01. The average molecular weight is 185 g/mol. The third-order valence-electron chi connectivity index (χ3n) is 2.57. The lowest BCUT2D eigenvalue weighted by Crippen LogP contribution is -2.46. The number of nitrogens with zero attached hydrogens (tertiary/aromatic N) is 1. The third kappa shape index (κ3) is 2.69. The van der Waals surface area contributed by atoms with Gasteiger partial charge in [-0.3, -0.25) is 4.79 Å². The van der Waals surface area contributed by atoms with Crippen LogP contribution in [0.25, 0.3) is 0 Å². The van der Waals surface area contributed by atoms with Crippen molar-refractivity contribution < 1.29 is 9.90 Å². The summed E-state index contributed by atoms with van der Waals surface area (Å²) in [5, 5.41) is 9.15. The molecule has 0 radical (unpaired) electrons. The Bertz CT molecular complexity index is 199. The van der Waals surface area contributed by atoms with E-state index in [1.54, 1.807) is 4.90 Å². The fourth-order valence-electron chi connectivity index (χ4n) is 1.88. The van der Waals surface area contributed by atoms with Crippen LogP contribution in [0.3, 0.4) is 0 Å². The largest absolute Gasteiger partial charge is 0.384 e. The van der Waals surface area contributed by atoms with Crippen LogP contribution in [0, 0.1) is 5.41 Å². The van der Waals surface area contributed by atoms with Gasteiger partial charge in [0.15, 0.2) is 0 Å². The topological polar surface area (TPSA) is 40.5 Å². The molecule has 1 saturated heterocycles. The number of rotatable bonds is 1. The van der Waals surface area contributed by atoms with Crippen molar-refractivity contribution in [2.75, 3.05) is 13.1 Å². The molecule has 0 saturated carbocycles. The van der Waals surface area contributed by atoms with Crippen molar-refractivity contribution in [1.82, 2.24) is 4.90 Å². The molecule has 1 N–H and O–H groups in total. The minimum Gasteiger partial charge on any atom is -0.384 e. The van der Waals surface area contributed by atoms with E-state index in [-0.39, 0.29) is 11.3 Å². The number of piperidine rings is 1. The summed E-state index contributed by atoms with van der Waals surface area (Å²) in [5.41, 5.74) is 0.211. The molecule has 0 spiro atoms. The first-order chi connectivity index (χ1) is 5.92. The normalized spacial score (nSPS) is 24.2. The summed E-state index contributed by atoms with van der Waals surface area (Å²) in [6.45, 7) is 7.43. The van der Waals surface area contributed by atoms with Gasteiger partial charge in [0.1, 0.15) is 6.10 Å². The Morgan fingerprint density at radius 1 is 1.54 bits per heavy atom. The van der Waals surface area contributed by atoms with Crippen LogP contribution in [-0.2, 0) is 4.79 Å². The number of hydrogen-bond donors (Lipinski definition) is 1.